The third kappa shape index (κ3) is 4.29. The van der Waals surface area contributed by atoms with Gasteiger partial charge < -0.3 is 20.1 Å². The van der Waals surface area contributed by atoms with E-state index in [1.54, 1.807) is 19.1 Å². The van der Waals surface area contributed by atoms with Crippen LogP contribution in [0.3, 0.4) is 0 Å². The zero-order valence-electron chi connectivity index (χ0n) is 13.9. The van der Waals surface area contributed by atoms with Crippen LogP contribution in [0.25, 0.3) is 0 Å². The van der Waals surface area contributed by atoms with Crippen LogP contribution >= 0.6 is 0 Å². The first kappa shape index (κ1) is 16.8. The predicted molar refractivity (Wildman–Crippen MR) is 92.2 cm³/mol. The molecule has 0 radical (unpaired) electrons. The van der Waals surface area contributed by atoms with Crippen LogP contribution in [0.5, 0.6) is 11.5 Å². The lowest BCUT2D eigenvalue weighted by Crippen LogP contribution is -2.50. The van der Waals surface area contributed by atoms with Gasteiger partial charge in [-0.1, -0.05) is 42.5 Å². The van der Waals surface area contributed by atoms with Crippen LogP contribution in [0.1, 0.15) is 12.5 Å². The number of ether oxygens (including phenoxy) is 2. The average Bonchev–Trinajstić information content (AvgIpc) is 2.64. The van der Waals surface area contributed by atoms with E-state index in [2.05, 4.69) is 10.6 Å². The first-order chi connectivity index (χ1) is 12.1. The molecule has 2 aromatic rings. The Bertz CT molecular complexity index is 748. The van der Waals surface area contributed by atoms with E-state index in [1.165, 1.54) is 0 Å². The fourth-order valence-corrected chi connectivity index (χ4v) is 2.53. The molecule has 3 rings (SSSR count). The summed E-state index contributed by atoms with van der Waals surface area (Å²) in [5.74, 6) is 0.493. The molecule has 0 aliphatic carbocycles. The maximum atomic E-state index is 12.3. The number of amides is 2. The van der Waals surface area contributed by atoms with Crippen molar-refractivity contribution in [1.82, 2.24) is 10.6 Å². The van der Waals surface area contributed by atoms with Gasteiger partial charge in [-0.15, -0.1) is 0 Å². The van der Waals surface area contributed by atoms with E-state index in [9.17, 15) is 9.59 Å². The molecule has 0 saturated carbocycles. The third-order valence-corrected chi connectivity index (χ3v) is 3.86. The molecule has 0 fully saturated rings. The molecule has 25 heavy (non-hydrogen) atoms. The Balaban J connectivity index is 1.48. The zero-order chi connectivity index (χ0) is 17.6. The highest BCUT2D eigenvalue weighted by molar-refractivity contribution is 5.87. The van der Waals surface area contributed by atoms with Crippen molar-refractivity contribution in [3.05, 3.63) is 60.2 Å². The highest BCUT2D eigenvalue weighted by atomic mass is 16.6. The summed E-state index contributed by atoms with van der Waals surface area (Å²) >= 11 is 0. The first-order valence-corrected chi connectivity index (χ1v) is 8.14. The highest BCUT2D eigenvalue weighted by Crippen LogP contribution is 2.33. The normalized spacial score (nSPS) is 18.3. The van der Waals surface area contributed by atoms with Crippen LogP contribution < -0.4 is 20.1 Å². The van der Waals surface area contributed by atoms with Gasteiger partial charge in [-0.05, 0) is 24.6 Å². The van der Waals surface area contributed by atoms with Crippen molar-refractivity contribution in [2.75, 3.05) is 6.54 Å². The smallest absolute Gasteiger partial charge is 0.265 e. The highest BCUT2D eigenvalue weighted by Gasteiger charge is 2.34. The van der Waals surface area contributed by atoms with E-state index in [-0.39, 0.29) is 18.4 Å². The number of benzene rings is 2. The number of hydrogen-bond donors (Lipinski definition) is 2. The summed E-state index contributed by atoms with van der Waals surface area (Å²) < 4.78 is 11.4. The zero-order valence-corrected chi connectivity index (χ0v) is 13.9. The van der Waals surface area contributed by atoms with Crippen molar-refractivity contribution >= 4 is 11.8 Å². The van der Waals surface area contributed by atoms with Gasteiger partial charge in [-0.3, -0.25) is 9.59 Å². The Morgan fingerprint density at radius 3 is 2.28 bits per heavy atom. The summed E-state index contributed by atoms with van der Waals surface area (Å²) in [4.78, 5) is 24.2. The lowest BCUT2D eigenvalue weighted by atomic mass is 10.1. The summed E-state index contributed by atoms with van der Waals surface area (Å²) in [6, 6.07) is 16.8. The molecule has 1 aliphatic heterocycles. The standard InChI is InChI=1S/C19H20N2O4/c1-13-18(25-16-10-6-5-9-15(16)24-13)19(23)21-12-17(22)20-11-14-7-3-2-4-8-14/h2-10,13,18H,11-12H2,1H3,(H,20,22)(H,21,23). The monoisotopic (exact) mass is 340 g/mol. The Morgan fingerprint density at radius 2 is 1.56 bits per heavy atom. The average molecular weight is 340 g/mol. The summed E-state index contributed by atoms with van der Waals surface area (Å²) in [6.45, 7) is 2.07. The number of nitrogens with one attached hydrogen (secondary N) is 2. The fourth-order valence-electron chi connectivity index (χ4n) is 2.53. The minimum absolute atomic E-state index is 0.111. The number of para-hydroxylation sites is 2. The van der Waals surface area contributed by atoms with Crippen molar-refractivity contribution < 1.29 is 19.1 Å². The molecule has 0 aromatic heterocycles. The van der Waals surface area contributed by atoms with E-state index >= 15 is 0 Å². The van der Waals surface area contributed by atoms with Gasteiger partial charge in [0.25, 0.3) is 5.91 Å². The number of carbonyl (C=O) groups is 2. The molecule has 130 valence electrons. The fraction of sp³-hybridized carbons (Fsp3) is 0.263. The lowest BCUT2D eigenvalue weighted by molar-refractivity contribution is -0.135. The van der Waals surface area contributed by atoms with Gasteiger partial charge in [-0.25, -0.2) is 0 Å². The summed E-state index contributed by atoms with van der Waals surface area (Å²) in [5, 5.41) is 5.35. The molecule has 0 bridgehead atoms. The molecule has 0 saturated heterocycles. The molecule has 1 aliphatic rings. The largest absolute Gasteiger partial charge is 0.482 e. The molecular weight excluding hydrogens is 320 g/mol. The van der Waals surface area contributed by atoms with E-state index in [0.29, 0.717) is 18.0 Å². The second kappa shape index (κ2) is 7.70. The number of hydrogen-bond acceptors (Lipinski definition) is 4. The van der Waals surface area contributed by atoms with Crippen LogP contribution in [-0.4, -0.2) is 30.6 Å². The molecule has 2 amide bonds. The molecule has 1 heterocycles. The Labute approximate surface area is 146 Å². The van der Waals surface area contributed by atoms with Gasteiger partial charge in [0.05, 0.1) is 6.54 Å². The van der Waals surface area contributed by atoms with Crippen LogP contribution in [0.2, 0.25) is 0 Å². The van der Waals surface area contributed by atoms with E-state index in [4.69, 9.17) is 9.47 Å². The van der Waals surface area contributed by atoms with Gasteiger partial charge in [-0.2, -0.15) is 0 Å². The molecule has 6 heteroatoms. The minimum atomic E-state index is -0.795. The van der Waals surface area contributed by atoms with Crippen molar-refractivity contribution in [2.24, 2.45) is 0 Å². The first-order valence-electron chi connectivity index (χ1n) is 8.14. The van der Waals surface area contributed by atoms with E-state index in [1.807, 2.05) is 42.5 Å². The van der Waals surface area contributed by atoms with Crippen LogP contribution in [0.15, 0.2) is 54.6 Å². The topological polar surface area (TPSA) is 76.7 Å². The van der Waals surface area contributed by atoms with Gasteiger partial charge in [0.15, 0.2) is 11.5 Å². The molecule has 2 N–H and O–H groups in total. The number of fused-ring (bicyclic) bond motifs is 1. The van der Waals surface area contributed by atoms with Crippen molar-refractivity contribution in [1.29, 1.82) is 0 Å². The van der Waals surface area contributed by atoms with E-state index in [0.717, 1.165) is 5.56 Å². The molecule has 6 nitrogen and oxygen atoms in total. The molecular formula is C19H20N2O4. The predicted octanol–water partition coefficient (Wildman–Crippen LogP) is 1.65. The summed E-state index contributed by atoms with van der Waals surface area (Å²) in [7, 11) is 0. The molecule has 2 unspecified atom stereocenters. The molecule has 0 spiro atoms. The summed E-state index contributed by atoms with van der Waals surface area (Å²) in [6.07, 6.45) is -1.24. The molecule has 2 atom stereocenters. The van der Waals surface area contributed by atoms with Crippen molar-refractivity contribution in [2.45, 2.75) is 25.7 Å². The summed E-state index contributed by atoms with van der Waals surface area (Å²) in [5.41, 5.74) is 0.997. The number of carbonyl (C=O) groups excluding carboxylic acids is 2. The van der Waals surface area contributed by atoms with Crippen LogP contribution in [0.4, 0.5) is 0 Å². The third-order valence-electron chi connectivity index (χ3n) is 3.86. The van der Waals surface area contributed by atoms with Crippen molar-refractivity contribution in [3.8, 4) is 11.5 Å². The SMILES string of the molecule is CC1Oc2ccccc2OC1C(=O)NCC(=O)NCc1ccccc1. The van der Waals surface area contributed by atoms with Gasteiger partial charge in [0.1, 0.15) is 6.10 Å². The van der Waals surface area contributed by atoms with Gasteiger partial charge in [0.2, 0.25) is 12.0 Å². The maximum absolute atomic E-state index is 12.3. The maximum Gasteiger partial charge on any atom is 0.265 e. The second-order valence-corrected chi connectivity index (χ2v) is 5.79. The van der Waals surface area contributed by atoms with E-state index < -0.39 is 12.2 Å². The Kier molecular flexibility index (Phi) is 5.18. The van der Waals surface area contributed by atoms with Gasteiger partial charge in [0, 0.05) is 6.54 Å². The minimum Gasteiger partial charge on any atom is -0.482 e. The number of rotatable bonds is 5. The Morgan fingerprint density at radius 1 is 0.920 bits per heavy atom. The second-order valence-electron chi connectivity index (χ2n) is 5.79. The molecule has 2 aromatic carbocycles. The quantitative estimate of drug-likeness (QED) is 0.868. The van der Waals surface area contributed by atoms with Crippen molar-refractivity contribution in [3.63, 3.8) is 0 Å². The van der Waals surface area contributed by atoms with Crippen LogP contribution in [-0.2, 0) is 16.1 Å². The lowest BCUT2D eigenvalue weighted by Gasteiger charge is -2.30. The Hall–Kier alpha value is -3.02. The van der Waals surface area contributed by atoms with Crippen LogP contribution in [0, 0.1) is 0 Å². The van der Waals surface area contributed by atoms with Gasteiger partial charge >= 0.3 is 0 Å².